The van der Waals surface area contributed by atoms with Gasteiger partial charge in [-0.15, -0.1) is 0 Å². The molecule has 1 aliphatic rings. The van der Waals surface area contributed by atoms with Gasteiger partial charge in [0, 0.05) is 30.7 Å². The van der Waals surface area contributed by atoms with E-state index in [9.17, 15) is 0 Å². The average molecular weight is 247 g/mol. The molecule has 0 radical (unpaired) electrons. The molecule has 0 spiro atoms. The molecule has 18 heavy (non-hydrogen) atoms. The summed E-state index contributed by atoms with van der Waals surface area (Å²) in [5, 5.41) is 3.44. The van der Waals surface area contributed by atoms with Gasteiger partial charge >= 0.3 is 0 Å². The number of anilines is 1. The van der Waals surface area contributed by atoms with Crippen molar-refractivity contribution in [1.29, 1.82) is 0 Å². The van der Waals surface area contributed by atoms with Crippen LogP contribution >= 0.6 is 0 Å². The smallest absolute Gasteiger partial charge is 0.0371 e. The maximum Gasteiger partial charge on any atom is 0.0371 e. The molecular formula is C15H25N3. The molecule has 0 atom stereocenters. The van der Waals surface area contributed by atoms with E-state index in [0.29, 0.717) is 0 Å². The first-order valence-corrected chi connectivity index (χ1v) is 7.20. The molecule has 3 nitrogen and oxygen atoms in total. The lowest BCUT2D eigenvalue weighted by molar-refractivity contribution is 0.191. The quantitative estimate of drug-likeness (QED) is 0.783. The van der Waals surface area contributed by atoms with Crippen molar-refractivity contribution in [3.05, 3.63) is 24.5 Å². The second-order valence-electron chi connectivity index (χ2n) is 5.29. The molecule has 0 aromatic carbocycles. The van der Waals surface area contributed by atoms with Gasteiger partial charge in [0.15, 0.2) is 0 Å². The summed E-state index contributed by atoms with van der Waals surface area (Å²) < 4.78 is 0. The standard InChI is InChI=1S/C15H25N3/c1-18(15-6-3-2-4-7-15)13-5-10-17-14-8-11-16-12-9-14/h8-9,11-12,15H,2-7,10,13H2,1H3,(H,16,17). The molecule has 100 valence electrons. The number of rotatable bonds is 6. The van der Waals surface area contributed by atoms with Crippen molar-refractivity contribution in [3.8, 4) is 0 Å². The van der Waals surface area contributed by atoms with Crippen molar-refractivity contribution in [1.82, 2.24) is 9.88 Å². The topological polar surface area (TPSA) is 28.2 Å². The Hall–Kier alpha value is -1.09. The van der Waals surface area contributed by atoms with Crippen molar-refractivity contribution in [2.45, 2.75) is 44.6 Å². The minimum absolute atomic E-state index is 0.833. The molecule has 1 aromatic rings. The SMILES string of the molecule is CN(CCCNc1ccncc1)C1CCCCC1. The van der Waals surface area contributed by atoms with Gasteiger partial charge in [0.05, 0.1) is 0 Å². The summed E-state index contributed by atoms with van der Waals surface area (Å²) in [4.78, 5) is 6.56. The Balaban J connectivity index is 1.60. The normalized spacial score (nSPS) is 17.0. The molecule has 1 aliphatic carbocycles. The Kier molecular flexibility index (Phi) is 5.46. The third-order valence-electron chi connectivity index (χ3n) is 3.90. The molecule has 1 aromatic heterocycles. The molecule has 3 heteroatoms. The monoisotopic (exact) mass is 247 g/mol. The van der Waals surface area contributed by atoms with Gasteiger partial charge in [0.2, 0.25) is 0 Å². The second kappa shape index (κ2) is 7.37. The van der Waals surface area contributed by atoms with E-state index in [1.807, 2.05) is 24.5 Å². The summed E-state index contributed by atoms with van der Waals surface area (Å²) in [6.07, 6.45) is 11.9. The van der Waals surface area contributed by atoms with Crippen molar-refractivity contribution in [2.75, 3.05) is 25.5 Å². The highest BCUT2D eigenvalue weighted by Crippen LogP contribution is 2.21. The zero-order valence-corrected chi connectivity index (χ0v) is 11.4. The summed E-state index contributed by atoms with van der Waals surface area (Å²) >= 11 is 0. The predicted molar refractivity (Wildman–Crippen MR) is 76.8 cm³/mol. The van der Waals surface area contributed by atoms with E-state index in [2.05, 4.69) is 22.2 Å². The molecule has 2 rings (SSSR count). The van der Waals surface area contributed by atoms with Crippen LogP contribution in [0.3, 0.4) is 0 Å². The average Bonchev–Trinajstić information content (AvgIpc) is 2.45. The number of aromatic nitrogens is 1. The van der Waals surface area contributed by atoms with Crippen LogP contribution in [-0.2, 0) is 0 Å². The predicted octanol–water partition coefficient (Wildman–Crippen LogP) is 3.15. The lowest BCUT2D eigenvalue weighted by Gasteiger charge is -2.31. The van der Waals surface area contributed by atoms with E-state index in [0.717, 1.165) is 12.6 Å². The molecular weight excluding hydrogens is 222 g/mol. The van der Waals surface area contributed by atoms with Crippen molar-refractivity contribution < 1.29 is 0 Å². The fourth-order valence-electron chi connectivity index (χ4n) is 2.74. The van der Waals surface area contributed by atoms with Crippen LogP contribution in [0, 0.1) is 0 Å². The van der Waals surface area contributed by atoms with Crippen molar-refractivity contribution in [3.63, 3.8) is 0 Å². The fourth-order valence-corrected chi connectivity index (χ4v) is 2.74. The Labute approximate surface area is 111 Å². The molecule has 0 amide bonds. The highest BCUT2D eigenvalue weighted by molar-refractivity contribution is 5.40. The first-order valence-electron chi connectivity index (χ1n) is 7.20. The highest BCUT2D eigenvalue weighted by atomic mass is 15.1. The molecule has 0 aliphatic heterocycles. The number of pyridine rings is 1. The maximum atomic E-state index is 4.01. The van der Waals surface area contributed by atoms with E-state index in [-0.39, 0.29) is 0 Å². The Bertz CT molecular complexity index is 320. The first-order chi connectivity index (χ1) is 8.86. The lowest BCUT2D eigenvalue weighted by Crippen LogP contribution is -2.34. The molecule has 0 saturated heterocycles. The van der Waals surface area contributed by atoms with Crippen LogP contribution in [0.4, 0.5) is 5.69 Å². The fraction of sp³-hybridized carbons (Fsp3) is 0.667. The van der Waals surface area contributed by atoms with Gasteiger partial charge in [0.1, 0.15) is 0 Å². The zero-order valence-electron chi connectivity index (χ0n) is 11.4. The van der Waals surface area contributed by atoms with Gasteiger partial charge in [-0.3, -0.25) is 4.98 Å². The number of nitrogens with one attached hydrogen (secondary N) is 1. The summed E-state index contributed by atoms with van der Waals surface area (Å²) in [5.74, 6) is 0. The van der Waals surface area contributed by atoms with Crippen LogP contribution in [0.15, 0.2) is 24.5 Å². The molecule has 0 bridgehead atoms. The maximum absolute atomic E-state index is 4.01. The highest BCUT2D eigenvalue weighted by Gasteiger charge is 2.16. The van der Waals surface area contributed by atoms with Gasteiger partial charge in [-0.25, -0.2) is 0 Å². The third-order valence-corrected chi connectivity index (χ3v) is 3.90. The van der Waals surface area contributed by atoms with E-state index in [1.54, 1.807) is 0 Å². The van der Waals surface area contributed by atoms with E-state index in [4.69, 9.17) is 0 Å². The summed E-state index contributed by atoms with van der Waals surface area (Å²) in [7, 11) is 2.28. The Morgan fingerprint density at radius 3 is 2.67 bits per heavy atom. The van der Waals surface area contributed by atoms with E-state index in [1.165, 1.54) is 50.8 Å². The molecule has 1 heterocycles. The van der Waals surface area contributed by atoms with Crippen molar-refractivity contribution in [2.24, 2.45) is 0 Å². The molecule has 0 unspecified atom stereocenters. The minimum atomic E-state index is 0.833. The van der Waals surface area contributed by atoms with Crippen LogP contribution in [-0.4, -0.2) is 36.1 Å². The lowest BCUT2D eigenvalue weighted by atomic mass is 9.94. The third kappa shape index (κ3) is 4.30. The summed E-state index contributed by atoms with van der Waals surface area (Å²) in [6.45, 7) is 2.24. The van der Waals surface area contributed by atoms with Crippen molar-refractivity contribution >= 4 is 5.69 Å². The van der Waals surface area contributed by atoms with Crippen LogP contribution in [0.1, 0.15) is 38.5 Å². The molecule has 1 fully saturated rings. The summed E-state index contributed by atoms with van der Waals surface area (Å²) in [6, 6.07) is 4.87. The van der Waals surface area contributed by atoms with Gasteiger partial charge in [-0.1, -0.05) is 19.3 Å². The van der Waals surface area contributed by atoms with E-state index >= 15 is 0 Å². The van der Waals surface area contributed by atoms with Crippen LogP contribution in [0.2, 0.25) is 0 Å². The number of hydrogen-bond acceptors (Lipinski definition) is 3. The Morgan fingerprint density at radius 2 is 1.94 bits per heavy atom. The van der Waals surface area contributed by atoms with Crippen LogP contribution < -0.4 is 5.32 Å². The second-order valence-corrected chi connectivity index (χ2v) is 5.29. The van der Waals surface area contributed by atoms with Crippen LogP contribution in [0.25, 0.3) is 0 Å². The summed E-state index contributed by atoms with van der Waals surface area (Å²) in [5.41, 5.74) is 1.17. The number of nitrogens with zero attached hydrogens (tertiary/aromatic N) is 2. The number of hydrogen-bond donors (Lipinski definition) is 1. The van der Waals surface area contributed by atoms with Gasteiger partial charge < -0.3 is 10.2 Å². The zero-order chi connectivity index (χ0) is 12.6. The van der Waals surface area contributed by atoms with Crippen LogP contribution in [0.5, 0.6) is 0 Å². The largest absolute Gasteiger partial charge is 0.385 e. The first kappa shape index (κ1) is 13.3. The van der Waals surface area contributed by atoms with Gasteiger partial charge in [-0.2, -0.15) is 0 Å². The molecule has 1 N–H and O–H groups in total. The van der Waals surface area contributed by atoms with E-state index < -0.39 is 0 Å². The minimum Gasteiger partial charge on any atom is -0.385 e. The van der Waals surface area contributed by atoms with Gasteiger partial charge in [-0.05, 0) is 45.0 Å². The Morgan fingerprint density at radius 1 is 1.22 bits per heavy atom. The molecule has 1 saturated carbocycles. The van der Waals surface area contributed by atoms with Gasteiger partial charge in [0.25, 0.3) is 0 Å².